The summed E-state index contributed by atoms with van der Waals surface area (Å²) in [6.45, 7) is 1.07. The van der Waals surface area contributed by atoms with Crippen LogP contribution in [0.15, 0.2) is 36.5 Å². The van der Waals surface area contributed by atoms with E-state index in [1.165, 1.54) is 5.23 Å². The molecule has 3 rings (SSSR count). The number of hydroxylamine groups is 2. The first-order valence-electron chi connectivity index (χ1n) is 8.27. The highest BCUT2D eigenvalue weighted by molar-refractivity contribution is 8.14. The van der Waals surface area contributed by atoms with Crippen molar-refractivity contribution in [3.8, 4) is 5.75 Å². The Hall–Kier alpha value is -1.01. The maximum absolute atomic E-state index is 12.3. The van der Waals surface area contributed by atoms with E-state index < -0.39 is 12.7 Å². The number of carbonyl (C=O) groups excluding carboxylic acids is 1. The summed E-state index contributed by atoms with van der Waals surface area (Å²) in [5.74, 6) is 0.538. The molecule has 0 N–H and O–H groups in total. The topological polar surface area (TPSA) is 60.9 Å². The van der Waals surface area contributed by atoms with Gasteiger partial charge < -0.3 is 9.57 Å². The summed E-state index contributed by atoms with van der Waals surface area (Å²) >= 11 is 11.6. The van der Waals surface area contributed by atoms with Gasteiger partial charge in [0, 0.05) is 24.8 Å². The molecule has 2 heterocycles. The van der Waals surface area contributed by atoms with Crippen LogP contribution >= 0.6 is 29.1 Å². The number of benzene rings is 1. The average Bonchev–Trinajstić information content (AvgIpc) is 2.67. The molecule has 1 aromatic heterocycles. The van der Waals surface area contributed by atoms with Crippen molar-refractivity contribution in [3.05, 3.63) is 36.5 Å². The molecule has 1 saturated heterocycles. The summed E-state index contributed by atoms with van der Waals surface area (Å²) in [5, 5.41) is 2.02. The number of halogens is 2. The maximum atomic E-state index is 12.3. The van der Waals surface area contributed by atoms with Crippen LogP contribution in [0.1, 0.15) is 19.8 Å². The minimum absolute atomic E-state index is 0.107. The molecule has 0 aliphatic carbocycles. The Kier molecular flexibility index (Phi) is 7.04. The minimum atomic E-state index is -1.80. The van der Waals surface area contributed by atoms with Gasteiger partial charge in [0.1, 0.15) is 6.04 Å². The van der Waals surface area contributed by atoms with E-state index in [1.54, 1.807) is 19.2 Å². The first-order chi connectivity index (χ1) is 12.6. The summed E-state index contributed by atoms with van der Waals surface area (Å²) in [7, 11) is 0. The molecule has 140 valence electrons. The third kappa shape index (κ3) is 4.83. The van der Waals surface area contributed by atoms with Gasteiger partial charge in [0.05, 0.1) is 11.6 Å². The molecule has 0 bridgehead atoms. The lowest BCUT2D eigenvalue weighted by Crippen LogP contribution is -2.44. The van der Waals surface area contributed by atoms with E-state index in [2.05, 4.69) is 4.98 Å². The Bertz CT molecular complexity index is 753. The molecule has 0 unspecified atom stereocenters. The van der Waals surface area contributed by atoms with Gasteiger partial charge in [-0.2, -0.15) is 0 Å². The van der Waals surface area contributed by atoms with Crippen LogP contribution in [0.5, 0.6) is 5.75 Å². The summed E-state index contributed by atoms with van der Waals surface area (Å²) in [5.41, 5.74) is 0.445. The first-order valence-corrected chi connectivity index (χ1v) is 11.4. The fraction of sp³-hybridized carbons (Fsp3) is 0.412. The normalized spacial score (nSPS) is 17.0. The first kappa shape index (κ1) is 19.7. The molecule has 0 saturated carbocycles. The van der Waals surface area contributed by atoms with Gasteiger partial charge in [-0.3, -0.25) is 14.6 Å². The van der Waals surface area contributed by atoms with Crippen molar-refractivity contribution in [1.82, 2.24) is 10.2 Å². The van der Waals surface area contributed by atoms with Gasteiger partial charge in [0.2, 0.25) is 5.52 Å². The van der Waals surface area contributed by atoms with Crippen molar-refractivity contribution in [1.29, 1.82) is 0 Å². The number of carbonyl (C=O) groups is 1. The Morgan fingerprint density at radius 2 is 2.08 bits per heavy atom. The summed E-state index contributed by atoms with van der Waals surface area (Å²) in [4.78, 5) is 28.5. The third-order valence-corrected chi connectivity index (χ3v) is 5.76. The highest BCUT2D eigenvalue weighted by Crippen LogP contribution is 2.49. The average molecular weight is 417 g/mol. The summed E-state index contributed by atoms with van der Waals surface area (Å²) in [6, 6.07) is 8.48. The molecule has 0 radical (unpaired) electrons. The van der Waals surface area contributed by atoms with Crippen LogP contribution in [-0.4, -0.2) is 41.1 Å². The lowest BCUT2D eigenvalue weighted by atomic mass is 10.2. The van der Waals surface area contributed by atoms with E-state index >= 15 is 0 Å². The maximum Gasteiger partial charge on any atom is 0.208 e. The predicted molar refractivity (Wildman–Crippen MR) is 102 cm³/mol. The molecular weight excluding hydrogens is 398 g/mol. The lowest BCUT2D eigenvalue weighted by molar-refractivity contribution is -0.356. The van der Waals surface area contributed by atoms with Crippen LogP contribution in [0.25, 0.3) is 10.9 Å². The molecule has 9 heteroatoms. The Balaban J connectivity index is 1.85. The molecule has 26 heavy (non-hydrogen) atoms. The molecule has 6 nitrogen and oxygen atoms in total. The molecule has 1 aliphatic heterocycles. The Labute approximate surface area is 162 Å². The van der Waals surface area contributed by atoms with Crippen LogP contribution in [0, 0.1) is 0 Å². The highest BCUT2D eigenvalue weighted by atomic mass is 35.9. The molecule has 1 atom stereocenters. The largest absolute Gasteiger partial charge is 0.381 e. The number of ether oxygens (including phenoxy) is 1. The summed E-state index contributed by atoms with van der Waals surface area (Å²) < 4.78 is 5.35. The van der Waals surface area contributed by atoms with E-state index in [1.807, 2.05) is 24.3 Å². The van der Waals surface area contributed by atoms with Crippen LogP contribution in [0.2, 0.25) is 0 Å². The zero-order valence-corrected chi connectivity index (χ0v) is 16.6. The number of rotatable bonds is 7. The number of hydrogen-bond acceptors (Lipinski definition) is 6. The van der Waals surface area contributed by atoms with Gasteiger partial charge in [-0.25, -0.2) is 0 Å². The zero-order valence-electron chi connectivity index (χ0n) is 14.2. The second-order valence-electron chi connectivity index (χ2n) is 5.87. The monoisotopic (exact) mass is 416 g/mol. The van der Waals surface area contributed by atoms with Crippen LogP contribution in [0.4, 0.5) is 0 Å². The van der Waals surface area contributed by atoms with Gasteiger partial charge in [-0.15, -0.1) is 0 Å². The second-order valence-corrected chi connectivity index (χ2v) is 9.32. The fourth-order valence-electron chi connectivity index (χ4n) is 2.60. The van der Waals surface area contributed by atoms with Crippen LogP contribution in [-0.2, 0) is 14.4 Å². The van der Waals surface area contributed by atoms with Crippen molar-refractivity contribution in [2.24, 2.45) is 0 Å². The number of pyridine rings is 1. The van der Waals surface area contributed by atoms with Gasteiger partial charge in [-0.05, 0) is 49.3 Å². The number of hydrogen-bond donors (Lipinski definition) is 0. The van der Waals surface area contributed by atoms with Crippen molar-refractivity contribution in [2.45, 2.75) is 31.9 Å². The Morgan fingerprint density at radius 1 is 1.31 bits per heavy atom. The number of fused-ring (bicyclic) bond motifs is 1. The minimum Gasteiger partial charge on any atom is -0.381 e. The van der Waals surface area contributed by atoms with E-state index in [4.69, 9.17) is 36.9 Å². The standard InChI is InChI=1S/C17H19Cl2N2O4P/c1-12(17(22)26(18)19)21(24-13-7-10-23-11-8-13)25-16-6-2-5-15-14(16)4-3-9-20-15/h2-6,9,12-13H,7-8,10-11H2,1H3/t12-/m0/s1. The van der Waals surface area contributed by atoms with Crippen molar-refractivity contribution in [3.63, 3.8) is 0 Å². The fourth-order valence-corrected chi connectivity index (χ4v) is 3.83. The van der Waals surface area contributed by atoms with Gasteiger partial charge in [0.15, 0.2) is 12.4 Å². The Morgan fingerprint density at radius 3 is 2.81 bits per heavy atom. The van der Waals surface area contributed by atoms with E-state index in [0.717, 1.165) is 10.9 Å². The lowest BCUT2D eigenvalue weighted by Gasteiger charge is -2.32. The summed E-state index contributed by atoms with van der Waals surface area (Å²) in [6.07, 6.45) is 3.04. The van der Waals surface area contributed by atoms with Crippen molar-refractivity contribution < 1.29 is 19.2 Å². The number of aromatic nitrogens is 1. The molecule has 1 aromatic carbocycles. The van der Waals surface area contributed by atoms with Crippen molar-refractivity contribution in [2.75, 3.05) is 13.2 Å². The van der Waals surface area contributed by atoms with Gasteiger partial charge in [-0.1, -0.05) is 28.5 Å². The molecular formula is C17H19Cl2N2O4P. The van der Waals surface area contributed by atoms with Crippen molar-refractivity contribution >= 4 is 45.5 Å². The molecule has 1 fully saturated rings. The quantitative estimate of drug-likeness (QED) is 0.483. The van der Waals surface area contributed by atoms with E-state index in [0.29, 0.717) is 31.8 Å². The smallest absolute Gasteiger partial charge is 0.208 e. The molecule has 0 amide bonds. The molecule has 1 aliphatic rings. The van der Waals surface area contributed by atoms with E-state index in [9.17, 15) is 4.79 Å². The third-order valence-electron chi connectivity index (χ3n) is 4.06. The van der Waals surface area contributed by atoms with E-state index in [-0.39, 0.29) is 11.6 Å². The number of nitrogens with zero attached hydrogens (tertiary/aromatic N) is 2. The highest BCUT2D eigenvalue weighted by Gasteiger charge is 2.32. The van der Waals surface area contributed by atoms with Crippen LogP contribution in [0.3, 0.4) is 0 Å². The predicted octanol–water partition coefficient (Wildman–Crippen LogP) is 4.65. The van der Waals surface area contributed by atoms with Gasteiger partial charge >= 0.3 is 0 Å². The molecule has 2 aromatic rings. The SMILES string of the molecule is C[C@@H](C(=O)P(Cl)Cl)N(Oc1cccc2ncccc12)OC1CCOCC1. The van der Waals surface area contributed by atoms with Crippen LogP contribution < -0.4 is 4.84 Å². The van der Waals surface area contributed by atoms with Gasteiger partial charge in [0.25, 0.3) is 0 Å². The molecule has 0 spiro atoms. The second kappa shape index (κ2) is 9.27. The zero-order chi connectivity index (χ0) is 18.5.